The molecule has 1 N–H and O–H groups in total. The van der Waals surface area contributed by atoms with Crippen molar-refractivity contribution in [3.05, 3.63) is 34.9 Å². The van der Waals surface area contributed by atoms with E-state index in [2.05, 4.69) is 17.1 Å². The molecule has 1 aliphatic rings. The van der Waals surface area contributed by atoms with Gasteiger partial charge in [-0.2, -0.15) is 0 Å². The van der Waals surface area contributed by atoms with E-state index in [0.29, 0.717) is 30.8 Å². The molecule has 0 spiro atoms. The van der Waals surface area contributed by atoms with Crippen LogP contribution in [0.4, 0.5) is 0 Å². The van der Waals surface area contributed by atoms with Crippen molar-refractivity contribution in [2.24, 2.45) is 0 Å². The fourth-order valence-corrected chi connectivity index (χ4v) is 3.03. The summed E-state index contributed by atoms with van der Waals surface area (Å²) in [6.07, 6.45) is 1.43. The second-order valence-corrected chi connectivity index (χ2v) is 6.48. The molecule has 5 nitrogen and oxygen atoms in total. The predicted molar refractivity (Wildman–Crippen MR) is 96.1 cm³/mol. The Labute approximate surface area is 149 Å². The molecule has 1 aromatic rings. The normalized spacial score (nSPS) is 15.3. The summed E-state index contributed by atoms with van der Waals surface area (Å²) in [6, 6.07) is 7.52. The van der Waals surface area contributed by atoms with Crippen LogP contribution in [0.5, 0.6) is 0 Å². The highest BCUT2D eigenvalue weighted by atomic mass is 35.5. The van der Waals surface area contributed by atoms with Crippen molar-refractivity contribution >= 4 is 23.4 Å². The Kier molecular flexibility index (Phi) is 7.53. The van der Waals surface area contributed by atoms with E-state index in [1.54, 1.807) is 0 Å². The highest BCUT2D eigenvalue weighted by Gasteiger charge is 2.19. The van der Waals surface area contributed by atoms with Gasteiger partial charge in [0.15, 0.2) is 0 Å². The van der Waals surface area contributed by atoms with Gasteiger partial charge in [-0.3, -0.25) is 9.59 Å². The number of carbonyl (C=O) groups excluding carboxylic acids is 2. The van der Waals surface area contributed by atoms with E-state index in [0.717, 1.165) is 38.3 Å². The lowest BCUT2D eigenvalue weighted by atomic mass is 10.1. The van der Waals surface area contributed by atoms with Crippen LogP contribution in [0.3, 0.4) is 0 Å². The van der Waals surface area contributed by atoms with Crippen LogP contribution in [-0.4, -0.2) is 60.9 Å². The SMILES string of the molecule is CCN1CCN(C(=O)CCNC(=O)CCc2cccc(Cl)c2)CC1. The number of likely N-dealkylation sites (N-methyl/N-ethyl adjacent to an activating group) is 1. The van der Waals surface area contributed by atoms with Crippen molar-refractivity contribution < 1.29 is 9.59 Å². The van der Waals surface area contributed by atoms with Gasteiger partial charge in [0.05, 0.1) is 0 Å². The van der Waals surface area contributed by atoms with E-state index in [1.165, 1.54) is 0 Å². The first-order chi connectivity index (χ1) is 11.6. The van der Waals surface area contributed by atoms with Gasteiger partial charge in [0, 0.05) is 50.6 Å². The molecular formula is C18H26ClN3O2. The maximum Gasteiger partial charge on any atom is 0.224 e. The number of piperazine rings is 1. The number of hydrogen-bond donors (Lipinski definition) is 1. The van der Waals surface area contributed by atoms with Gasteiger partial charge < -0.3 is 15.1 Å². The van der Waals surface area contributed by atoms with Crippen LogP contribution >= 0.6 is 11.6 Å². The van der Waals surface area contributed by atoms with Crippen LogP contribution in [0.1, 0.15) is 25.3 Å². The van der Waals surface area contributed by atoms with Gasteiger partial charge in [-0.25, -0.2) is 0 Å². The first-order valence-corrected chi connectivity index (χ1v) is 8.97. The Morgan fingerprint density at radius 3 is 2.58 bits per heavy atom. The summed E-state index contributed by atoms with van der Waals surface area (Å²) in [4.78, 5) is 28.2. The number of carbonyl (C=O) groups is 2. The molecule has 0 unspecified atom stereocenters. The van der Waals surface area contributed by atoms with Gasteiger partial charge in [0.25, 0.3) is 0 Å². The van der Waals surface area contributed by atoms with Crippen LogP contribution in [0.25, 0.3) is 0 Å². The molecule has 1 saturated heterocycles. The first kappa shape index (κ1) is 18.7. The Hall–Kier alpha value is -1.59. The maximum absolute atomic E-state index is 12.1. The smallest absolute Gasteiger partial charge is 0.224 e. The van der Waals surface area contributed by atoms with Gasteiger partial charge in [-0.05, 0) is 30.7 Å². The van der Waals surface area contributed by atoms with Gasteiger partial charge in [-0.15, -0.1) is 0 Å². The van der Waals surface area contributed by atoms with Crippen molar-refractivity contribution in [2.45, 2.75) is 26.2 Å². The van der Waals surface area contributed by atoms with Crippen molar-refractivity contribution in [2.75, 3.05) is 39.3 Å². The second-order valence-electron chi connectivity index (χ2n) is 6.04. The van der Waals surface area contributed by atoms with Crippen LogP contribution in [0, 0.1) is 0 Å². The highest BCUT2D eigenvalue weighted by Crippen LogP contribution is 2.12. The quantitative estimate of drug-likeness (QED) is 0.816. The molecule has 2 amide bonds. The van der Waals surface area contributed by atoms with Crippen LogP contribution in [-0.2, 0) is 16.0 Å². The zero-order valence-corrected chi connectivity index (χ0v) is 15.0. The van der Waals surface area contributed by atoms with Gasteiger partial charge >= 0.3 is 0 Å². The molecule has 1 aliphatic heterocycles. The second kappa shape index (κ2) is 9.64. The average Bonchev–Trinajstić information content (AvgIpc) is 2.60. The van der Waals surface area contributed by atoms with Gasteiger partial charge in [-0.1, -0.05) is 30.7 Å². The Balaban J connectivity index is 1.61. The van der Waals surface area contributed by atoms with E-state index in [9.17, 15) is 9.59 Å². The van der Waals surface area contributed by atoms with Gasteiger partial charge in [0.1, 0.15) is 0 Å². The minimum atomic E-state index is -0.0291. The molecule has 1 fully saturated rings. The zero-order chi connectivity index (χ0) is 17.4. The third-order valence-corrected chi connectivity index (χ3v) is 4.60. The summed E-state index contributed by atoms with van der Waals surface area (Å²) >= 11 is 5.93. The lowest BCUT2D eigenvalue weighted by Gasteiger charge is -2.34. The molecule has 1 heterocycles. The number of rotatable bonds is 7. The topological polar surface area (TPSA) is 52.6 Å². The molecule has 132 valence electrons. The number of amides is 2. The van der Waals surface area contributed by atoms with Crippen molar-refractivity contribution in [3.8, 4) is 0 Å². The monoisotopic (exact) mass is 351 g/mol. The molecule has 0 aromatic heterocycles. The maximum atomic E-state index is 12.1. The molecule has 0 atom stereocenters. The van der Waals surface area contributed by atoms with Crippen LogP contribution in [0.2, 0.25) is 5.02 Å². The summed E-state index contributed by atoms with van der Waals surface area (Å²) in [5.74, 6) is 0.0967. The van der Waals surface area contributed by atoms with E-state index in [-0.39, 0.29) is 11.8 Å². The summed E-state index contributed by atoms with van der Waals surface area (Å²) in [5.41, 5.74) is 1.04. The molecule has 1 aromatic carbocycles. The Bertz CT molecular complexity index is 557. The molecule has 0 bridgehead atoms. The number of halogens is 1. The first-order valence-electron chi connectivity index (χ1n) is 8.59. The molecular weight excluding hydrogens is 326 g/mol. The molecule has 0 saturated carbocycles. The van der Waals surface area contributed by atoms with E-state index in [4.69, 9.17) is 11.6 Å². The van der Waals surface area contributed by atoms with E-state index < -0.39 is 0 Å². The summed E-state index contributed by atoms with van der Waals surface area (Å²) < 4.78 is 0. The largest absolute Gasteiger partial charge is 0.356 e. The lowest BCUT2D eigenvalue weighted by molar-refractivity contribution is -0.132. The van der Waals surface area contributed by atoms with Crippen molar-refractivity contribution in [3.63, 3.8) is 0 Å². The fraction of sp³-hybridized carbons (Fsp3) is 0.556. The summed E-state index contributed by atoms with van der Waals surface area (Å²) in [7, 11) is 0. The van der Waals surface area contributed by atoms with E-state index in [1.807, 2.05) is 29.2 Å². The molecule has 6 heteroatoms. The summed E-state index contributed by atoms with van der Waals surface area (Å²) in [6.45, 7) is 7.02. The standard InChI is InChI=1S/C18H26ClN3O2/c1-2-21-10-12-22(13-11-21)18(24)8-9-20-17(23)7-6-15-4-3-5-16(19)14-15/h3-5,14H,2,6-13H2,1H3,(H,20,23). The minimum absolute atomic E-state index is 0.0291. The predicted octanol–water partition coefficient (Wildman–Crippen LogP) is 1.94. The molecule has 0 radical (unpaired) electrons. The van der Waals surface area contributed by atoms with Crippen molar-refractivity contribution in [1.82, 2.24) is 15.1 Å². The molecule has 2 rings (SSSR count). The van der Waals surface area contributed by atoms with Crippen molar-refractivity contribution in [1.29, 1.82) is 0 Å². The Morgan fingerprint density at radius 2 is 1.92 bits per heavy atom. The number of benzene rings is 1. The zero-order valence-electron chi connectivity index (χ0n) is 14.3. The molecule has 0 aliphatic carbocycles. The number of nitrogens with one attached hydrogen (secondary N) is 1. The van der Waals surface area contributed by atoms with Crippen LogP contribution in [0.15, 0.2) is 24.3 Å². The highest BCUT2D eigenvalue weighted by molar-refractivity contribution is 6.30. The fourth-order valence-electron chi connectivity index (χ4n) is 2.82. The number of nitrogens with zero attached hydrogens (tertiary/aromatic N) is 2. The van der Waals surface area contributed by atoms with Gasteiger partial charge in [0.2, 0.25) is 11.8 Å². The number of hydrogen-bond acceptors (Lipinski definition) is 3. The Morgan fingerprint density at radius 1 is 1.17 bits per heavy atom. The third kappa shape index (κ3) is 6.13. The average molecular weight is 352 g/mol. The minimum Gasteiger partial charge on any atom is -0.356 e. The van der Waals surface area contributed by atoms with Crippen LogP contribution < -0.4 is 5.32 Å². The summed E-state index contributed by atoms with van der Waals surface area (Å²) in [5, 5.41) is 3.51. The molecule has 24 heavy (non-hydrogen) atoms. The van der Waals surface area contributed by atoms with E-state index >= 15 is 0 Å². The number of aryl methyl sites for hydroxylation is 1. The lowest BCUT2D eigenvalue weighted by Crippen LogP contribution is -2.49. The third-order valence-electron chi connectivity index (χ3n) is 4.36.